The van der Waals surface area contributed by atoms with Crippen LogP contribution in [0.2, 0.25) is 0 Å². The van der Waals surface area contributed by atoms with Crippen molar-refractivity contribution in [1.29, 1.82) is 0 Å². The summed E-state index contributed by atoms with van der Waals surface area (Å²) in [5.41, 5.74) is 1.50. The monoisotopic (exact) mass is 329 g/mol. The molecule has 2 heteroatoms. The van der Waals surface area contributed by atoms with Crippen LogP contribution in [0.25, 0.3) is 12.2 Å². The van der Waals surface area contributed by atoms with Gasteiger partial charge in [0.15, 0.2) is 0 Å². The van der Waals surface area contributed by atoms with Crippen LogP contribution in [0, 0.1) is 17.3 Å². The fraction of sp³-hybridized carbons (Fsp3) is 0.429. The fourth-order valence-corrected chi connectivity index (χ4v) is 2.57. The van der Waals surface area contributed by atoms with E-state index < -0.39 is 0 Å². The van der Waals surface area contributed by atoms with Gasteiger partial charge in [0.1, 0.15) is 0 Å². The van der Waals surface area contributed by atoms with E-state index in [0.717, 1.165) is 19.5 Å². The number of nitrogens with zero attached hydrogens (tertiary/aromatic N) is 1. The normalized spacial score (nSPS) is 13.4. The molecule has 0 saturated heterocycles. The van der Waals surface area contributed by atoms with Gasteiger partial charge < -0.3 is 0 Å². The summed E-state index contributed by atoms with van der Waals surface area (Å²) in [4.78, 5) is 2.33. The van der Waals surface area contributed by atoms with E-state index in [-0.39, 0.29) is 17.8 Å². The Balaban J connectivity index is 0.00000264. The first kappa shape index (κ1) is 19.6. The van der Waals surface area contributed by atoms with Gasteiger partial charge in [-0.1, -0.05) is 48.3 Å². The number of allylic oxidation sites excluding steroid dienone is 1. The minimum Gasteiger partial charge on any atom is -0.298 e. The number of halogens is 1. The maximum atomic E-state index is 3.22. The van der Waals surface area contributed by atoms with Gasteiger partial charge in [0.2, 0.25) is 0 Å². The van der Waals surface area contributed by atoms with Gasteiger partial charge in [0, 0.05) is 18.5 Å². The van der Waals surface area contributed by atoms with Gasteiger partial charge in [0.25, 0.3) is 0 Å². The van der Waals surface area contributed by atoms with E-state index in [2.05, 4.69) is 81.0 Å². The number of benzene rings is 1. The van der Waals surface area contributed by atoms with Crippen molar-refractivity contribution in [3.8, 4) is 11.8 Å². The third-order valence-electron chi connectivity index (χ3n) is 3.62. The minimum absolute atomic E-state index is 0. The molecule has 1 aromatic rings. The predicted molar refractivity (Wildman–Crippen MR) is 104 cm³/mol. The summed E-state index contributed by atoms with van der Waals surface area (Å²) in [7, 11) is 2.16. The van der Waals surface area contributed by atoms with Crippen molar-refractivity contribution >= 4 is 24.6 Å². The Bertz CT molecular complexity index is 711. The molecule has 2 rings (SSSR count). The molecule has 1 aliphatic rings. The highest BCUT2D eigenvalue weighted by molar-refractivity contribution is 5.85. The van der Waals surface area contributed by atoms with Crippen molar-refractivity contribution in [3.63, 3.8) is 0 Å². The quantitative estimate of drug-likeness (QED) is 0.764. The fourth-order valence-electron chi connectivity index (χ4n) is 2.57. The van der Waals surface area contributed by atoms with Gasteiger partial charge in [-0.2, -0.15) is 0 Å². The second-order valence-electron chi connectivity index (χ2n) is 7.02. The van der Waals surface area contributed by atoms with E-state index in [0.29, 0.717) is 0 Å². The first-order valence-corrected chi connectivity index (χ1v) is 8.10. The maximum Gasteiger partial charge on any atom is 0.0240 e. The summed E-state index contributed by atoms with van der Waals surface area (Å²) >= 11 is 0. The second-order valence-corrected chi connectivity index (χ2v) is 7.02. The van der Waals surface area contributed by atoms with Crippen molar-refractivity contribution in [1.82, 2.24) is 4.90 Å². The lowest BCUT2D eigenvalue weighted by Crippen LogP contribution is -2.33. The molecule has 0 saturated carbocycles. The molecule has 0 amide bonds. The zero-order valence-electron chi connectivity index (χ0n) is 14.7. The highest BCUT2D eigenvalue weighted by atomic mass is 35.5. The Morgan fingerprint density at radius 1 is 1.17 bits per heavy atom. The molecule has 0 atom stereocenters. The van der Waals surface area contributed by atoms with Gasteiger partial charge in [-0.15, -0.1) is 12.4 Å². The van der Waals surface area contributed by atoms with Gasteiger partial charge in [-0.3, -0.25) is 4.90 Å². The Morgan fingerprint density at radius 2 is 1.91 bits per heavy atom. The summed E-state index contributed by atoms with van der Waals surface area (Å²) in [5.74, 6) is 6.35. The minimum atomic E-state index is 0. The maximum absolute atomic E-state index is 3.22. The average Bonchev–Trinajstić information content (AvgIpc) is 2.46. The highest BCUT2D eigenvalue weighted by Gasteiger charge is 2.03. The van der Waals surface area contributed by atoms with Crippen LogP contribution in [0.3, 0.4) is 0 Å². The summed E-state index contributed by atoms with van der Waals surface area (Å²) in [6.45, 7) is 8.29. The zero-order chi connectivity index (χ0) is 16.0. The topological polar surface area (TPSA) is 3.24 Å². The number of hydrogen-bond donors (Lipinski definition) is 0. The number of rotatable bonds is 4. The third-order valence-corrected chi connectivity index (χ3v) is 3.62. The number of fused-ring (bicyclic) bond motifs is 1. The Kier molecular flexibility index (Phi) is 7.62. The van der Waals surface area contributed by atoms with Crippen LogP contribution in [0.5, 0.6) is 0 Å². The Morgan fingerprint density at radius 3 is 2.65 bits per heavy atom. The molecule has 0 unspecified atom stereocenters. The number of likely N-dealkylation sites (N-methyl/N-ethyl adjacent to an activating group) is 1. The van der Waals surface area contributed by atoms with Crippen molar-refractivity contribution < 1.29 is 0 Å². The summed E-state index contributed by atoms with van der Waals surface area (Å²) in [6.07, 6.45) is 11.2. The lowest BCUT2D eigenvalue weighted by atomic mass is 9.98. The molecule has 0 fully saturated rings. The smallest absolute Gasteiger partial charge is 0.0240 e. The molecule has 124 valence electrons. The van der Waals surface area contributed by atoms with E-state index in [1.165, 1.54) is 22.4 Å². The molecule has 23 heavy (non-hydrogen) atoms. The van der Waals surface area contributed by atoms with E-state index in [9.17, 15) is 0 Å². The van der Waals surface area contributed by atoms with Crippen molar-refractivity contribution in [2.24, 2.45) is 5.41 Å². The van der Waals surface area contributed by atoms with Crippen LogP contribution < -0.4 is 10.4 Å². The lowest BCUT2D eigenvalue weighted by Gasteiger charge is -2.15. The van der Waals surface area contributed by atoms with Crippen molar-refractivity contribution in [2.45, 2.75) is 40.2 Å². The van der Waals surface area contributed by atoms with Gasteiger partial charge >= 0.3 is 0 Å². The SMILES string of the molecule is CN(C/C=C/C#CC(C)(C)C)Cc1cccc2c1=CCCC=2.Cl. The molecule has 0 aromatic heterocycles. The molecule has 0 aliphatic heterocycles. The molecule has 0 spiro atoms. The van der Waals surface area contributed by atoms with Crippen LogP contribution in [-0.4, -0.2) is 18.5 Å². The molecule has 1 nitrogen and oxygen atoms in total. The zero-order valence-corrected chi connectivity index (χ0v) is 15.5. The average molecular weight is 330 g/mol. The summed E-state index contributed by atoms with van der Waals surface area (Å²) < 4.78 is 0. The predicted octanol–water partition coefficient (Wildman–Crippen LogP) is 3.50. The lowest BCUT2D eigenvalue weighted by molar-refractivity contribution is 0.362. The van der Waals surface area contributed by atoms with Gasteiger partial charge in [0.05, 0.1) is 0 Å². The Hall–Kier alpha value is -1.49. The van der Waals surface area contributed by atoms with E-state index >= 15 is 0 Å². The van der Waals surface area contributed by atoms with Gasteiger partial charge in [-0.25, -0.2) is 0 Å². The second kappa shape index (κ2) is 8.96. The van der Waals surface area contributed by atoms with Crippen LogP contribution in [-0.2, 0) is 6.54 Å². The van der Waals surface area contributed by atoms with Crippen LogP contribution in [0.4, 0.5) is 0 Å². The molecule has 0 radical (unpaired) electrons. The van der Waals surface area contributed by atoms with E-state index in [1.807, 2.05) is 6.08 Å². The van der Waals surface area contributed by atoms with Gasteiger partial charge in [-0.05, 0) is 62.7 Å². The summed E-state index contributed by atoms with van der Waals surface area (Å²) in [6, 6.07) is 6.63. The standard InChI is InChI=1S/C21H27N.ClH/c1-21(2,3)15-8-5-9-16-22(4)17-19-13-10-12-18-11-6-7-14-20(18)19;/h5,9-14H,6-7,16-17H2,1-4H3;1H/b9-5+;. The van der Waals surface area contributed by atoms with Crippen LogP contribution >= 0.6 is 12.4 Å². The van der Waals surface area contributed by atoms with Crippen LogP contribution in [0.1, 0.15) is 39.2 Å². The molecule has 0 bridgehead atoms. The molecule has 0 N–H and O–H groups in total. The molecule has 0 heterocycles. The van der Waals surface area contributed by atoms with E-state index in [1.54, 1.807) is 0 Å². The molecule has 1 aromatic carbocycles. The molecular weight excluding hydrogens is 302 g/mol. The first-order chi connectivity index (χ1) is 10.5. The largest absolute Gasteiger partial charge is 0.298 e. The van der Waals surface area contributed by atoms with Crippen molar-refractivity contribution in [3.05, 3.63) is 46.4 Å². The van der Waals surface area contributed by atoms with Crippen LogP contribution in [0.15, 0.2) is 30.4 Å². The first-order valence-electron chi connectivity index (χ1n) is 8.10. The third kappa shape index (κ3) is 6.65. The number of hydrogen-bond acceptors (Lipinski definition) is 1. The molecule has 1 aliphatic carbocycles. The van der Waals surface area contributed by atoms with E-state index in [4.69, 9.17) is 0 Å². The highest BCUT2D eigenvalue weighted by Crippen LogP contribution is 2.09. The summed E-state index contributed by atoms with van der Waals surface area (Å²) in [5, 5.41) is 2.82. The Labute approximate surface area is 147 Å². The van der Waals surface area contributed by atoms with Crippen molar-refractivity contribution in [2.75, 3.05) is 13.6 Å². The molecular formula is C21H28ClN.